The molecule has 1 N–H and O–H groups in total. The Hall–Kier alpha value is -2.18. The SMILES string of the molecule is Cc1cc(C)n2ncc(C(=O)NC(C)c3cc(F)c(Cl)cc3Cl)c2n1. The number of carbonyl (C=O) groups is 1. The third-order valence-electron chi connectivity index (χ3n) is 3.88. The summed E-state index contributed by atoms with van der Waals surface area (Å²) in [4.78, 5) is 17.0. The fraction of sp³-hybridized carbons (Fsp3) is 0.235. The van der Waals surface area contributed by atoms with Crippen LogP contribution in [0, 0.1) is 19.7 Å². The molecule has 5 nitrogen and oxygen atoms in total. The Morgan fingerprint density at radius 1 is 1.24 bits per heavy atom. The van der Waals surface area contributed by atoms with Crippen molar-refractivity contribution in [3.05, 3.63) is 62.8 Å². The van der Waals surface area contributed by atoms with Crippen LogP contribution in [-0.4, -0.2) is 20.5 Å². The van der Waals surface area contributed by atoms with Crippen molar-refractivity contribution in [1.82, 2.24) is 19.9 Å². The maximum Gasteiger partial charge on any atom is 0.257 e. The van der Waals surface area contributed by atoms with Gasteiger partial charge in [0.2, 0.25) is 0 Å². The smallest absolute Gasteiger partial charge is 0.257 e. The molecule has 0 aliphatic carbocycles. The van der Waals surface area contributed by atoms with Crippen LogP contribution in [0.3, 0.4) is 0 Å². The van der Waals surface area contributed by atoms with Crippen molar-refractivity contribution in [1.29, 1.82) is 0 Å². The molecule has 130 valence electrons. The molecule has 0 spiro atoms. The van der Waals surface area contributed by atoms with Crippen LogP contribution in [0.15, 0.2) is 24.4 Å². The van der Waals surface area contributed by atoms with Crippen molar-refractivity contribution in [2.75, 3.05) is 0 Å². The molecule has 0 fully saturated rings. The number of amides is 1. The minimum absolute atomic E-state index is 0.0648. The van der Waals surface area contributed by atoms with E-state index in [2.05, 4.69) is 15.4 Å². The van der Waals surface area contributed by atoms with Crippen molar-refractivity contribution in [2.45, 2.75) is 26.8 Å². The molecule has 0 saturated heterocycles. The molecule has 2 heterocycles. The minimum atomic E-state index is -0.592. The lowest BCUT2D eigenvalue weighted by Crippen LogP contribution is -2.27. The molecule has 0 aliphatic heterocycles. The summed E-state index contributed by atoms with van der Waals surface area (Å²) in [5, 5.41) is 7.20. The molecule has 2 aromatic heterocycles. The molecule has 0 aliphatic rings. The Bertz CT molecular complexity index is 986. The molecule has 1 unspecified atom stereocenters. The number of nitrogens with zero attached hydrogens (tertiary/aromatic N) is 3. The van der Waals surface area contributed by atoms with E-state index in [4.69, 9.17) is 23.2 Å². The number of nitrogens with one attached hydrogen (secondary N) is 1. The summed E-state index contributed by atoms with van der Waals surface area (Å²) in [6, 6.07) is 3.89. The molecule has 8 heteroatoms. The Morgan fingerprint density at radius 2 is 1.96 bits per heavy atom. The van der Waals surface area contributed by atoms with Gasteiger partial charge in [-0.05, 0) is 44.5 Å². The molecule has 0 bridgehead atoms. The van der Waals surface area contributed by atoms with Gasteiger partial charge in [-0.25, -0.2) is 13.9 Å². The van der Waals surface area contributed by atoms with Crippen LogP contribution >= 0.6 is 23.2 Å². The molecular formula is C17H15Cl2FN4O. The van der Waals surface area contributed by atoms with E-state index in [0.29, 0.717) is 16.8 Å². The number of aromatic nitrogens is 3. The highest BCUT2D eigenvalue weighted by Gasteiger charge is 2.20. The fourth-order valence-electron chi connectivity index (χ4n) is 2.65. The first kappa shape index (κ1) is 17.6. The zero-order chi connectivity index (χ0) is 18.3. The van der Waals surface area contributed by atoms with E-state index in [1.54, 1.807) is 11.4 Å². The van der Waals surface area contributed by atoms with Crippen LogP contribution in [-0.2, 0) is 0 Å². The van der Waals surface area contributed by atoms with Crippen molar-refractivity contribution >= 4 is 34.8 Å². The Balaban J connectivity index is 1.91. The predicted octanol–water partition coefficient (Wildman–Crippen LogP) is 4.28. The average Bonchev–Trinajstić information content (AvgIpc) is 2.94. The number of rotatable bonds is 3. The van der Waals surface area contributed by atoms with Gasteiger partial charge in [0.1, 0.15) is 11.4 Å². The molecule has 0 saturated carbocycles. The predicted molar refractivity (Wildman–Crippen MR) is 94.8 cm³/mol. The number of fused-ring (bicyclic) bond motifs is 1. The number of benzene rings is 1. The quantitative estimate of drug-likeness (QED) is 0.689. The van der Waals surface area contributed by atoms with Crippen LogP contribution in [0.5, 0.6) is 0 Å². The average molecular weight is 381 g/mol. The van der Waals surface area contributed by atoms with Crippen molar-refractivity contribution < 1.29 is 9.18 Å². The summed E-state index contributed by atoms with van der Waals surface area (Å²) >= 11 is 11.8. The number of aryl methyl sites for hydroxylation is 2. The third kappa shape index (κ3) is 3.32. The largest absolute Gasteiger partial charge is 0.345 e. The first-order valence-corrected chi connectivity index (χ1v) is 8.31. The molecule has 3 rings (SSSR count). The topological polar surface area (TPSA) is 59.3 Å². The maximum absolute atomic E-state index is 13.7. The van der Waals surface area contributed by atoms with Gasteiger partial charge in [-0.15, -0.1) is 0 Å². The first-order valence-electron chi connectivity index (χ1n) is 7.55. The number of hydrogen-bond donors (Lipinski definition) is 1. The fourth-order valence-corrected chi connectivity index (χ4v) is 3.20. The highest BCUT2D eigenvalue weighted by molar-refractivity contribution is 6.35. The first-order chi connectivity index (χ1) is 11.8. The Labute approximate surface area is 153 Å². The van der Waals surface area contributed by atoms with Gasteiger partial charge in [-0.1, -0.05) is 23.2 Å². The van der Waals surface area contributed by atoms with Gasteiger partial charge in [-0.3, -0.25) is 4.79 Å². The summed E-state index contributed by atoms with van der Waals surface area (Å²) in [6.45, 7) is 5.44. The van der Waals surface area contributed by atoms with Gasteiger partial charge in [0.25, 0.3) is 5.91 Å². The zero-order valence-electron chi connectivity index (χ0n) is 13.8. The Kier molecular flexibility index (Phi) is 4.67. The number of hydrogen-bond acceptors (Lipinski definition) is 3. The monoisotopic (exact) mass is 380 g/mol. The third-order valence-corrected chi connectivity index (χ3v) is 4.49. The standard InChI is InChI=1S/C17H15Cl2FN4O/c1-8-4-9(2)24-16(22-8)12(7-21-24)17(25)23-10(3)11-5-15(20)14(19)6-13(11)18/h4-7,10H,1-3H3,(H,23,25). The van der Waals surface area contributed by atoms with Gasteiger partial charge in [0, 0.05) is 16.4 Å². The summed E-state index contributed by atoms with van der Waals surface area (Å²) in [7, 11) is 0. The summed E-state index contributed by atoms with van der Waals surface area (Å²) in [6.07, 6.45) is 1.46. The molecular weight excluding hydrogens is 366 g/mol. The number of carbonyl (C=O) groups excluding carboxylic acids is 1. The maximum atomic E-state index is 13.7. The van der Waals surface area contributed by atoms with Gasteiger partial charge < -0.3 is 5.32 Å². The van der Waals surface area contributed by atoms with Crippen molar-refractivity contribution in [3.63, 3.8) is 0 Å². The molecule has 1 aromatic carbocycles. The van der Waals surface area contributed by atoms with Crippen LogP contribution in [0.2, 0.25) is 10.0 Å². The van der Waals surface area contributed by atoms with Crippen LogP contribution < -0.4 is 5.32 Å². The molecule has 1 amide bonds. The van der Waals surface area contributed by atoms with Gasteiger partial charge in [-0.2, -0.15) is 5.10 Å². The highest BCUT2D eigenvalue weighted by Crippen LogP contribution is 2.29. The summed E-state index contributed by atoms with van der Waals surface area (Å²) < 4.78 is 15.3. The lowest BCUT2D eigenvalue weighted by molar-refractivity contribution is 0.0941. The molecule has 3 aromatic rings. The second-order valence-electron chi connectivity index (χ2n) is 5.82. The van der Waals surface area contributed by atoms with E-state index in [0.717, 1.165) is 11.4 Å². The molecule has 0 radical (unpaired) electrons. The Morgan fingerprint density at radius 3 is 2.68 bits per heavy atom. The summed E-state index contributed by atoms with van der Waals surface area (Å²) in [5.74, 6) is -0.961. The molecule has 25 heavy (non-hydrogen) atoms. The van der Waals surface area contributed by atoms with Gasteiger partial charge in [0.05, 0.1) is 17.3 Å². The molecule has 1 atom stereocenters. The number of halogens is 3. The zero-order valence-corrected chi connectivity index (χ0v) is 15.3. The van der Waals surface area contributed by atoms with Crippen LogP contribution in [0.25, 0.3) is 5.65 Å². The van der Waals surface area contributed by atoms with E-state index in [9.17, 15) is 9.18 Å². The van der Waals surface area contributed by atoms with Crippen LogP contribution in [0.1, 0.15) is 40.3 Å². The minimum Gasteiger partial charge on any atom is -0.345 e. The van der Waals surface area contributed by atoms with E-state index in [-0.39, 0.29) is 16.0 Å². The second-order valence-corrected chi connectivity index (χ2v) is 6.63. The van der Waals surface area contributed by atoms with Crippen molar-refractivity contribution in [3.8, 4) is 0 Å². The summed E-state index contributed by atoms with van der Waals surface area (Å²) in [5.41, 5.74) is 2.90. The van der Waals surface area contributed by atoms with E-state index >= 15 is 0 Å². The highest BCUT2D eigenvalue weighted by atomic mass is 35.5. The van der Waals surface area contributed by atoms with E-state index in [1.165, 1.54) is 18.3 Å². The van der Waals surface area contributed by atoms with Gasteiger partial charge >= 0.3 is 0 Å². The van der Waals surface area contributed by atoms with Crippen LogP contribution in [0.4, 0.5) is 4.39 Å². The lowest BCUT2D eigenvalue weighted by atomic mass is 10.1. The normalized spacial score (nSPS) is 12.4. The van der Waals surface area contributed by atoms with Gasteiger partial charge in [0.15, 0.2) is 5.65 Å². The van der Waals surface area contributed by atoms with E-state index < -0.39 is 11.9 Å². The second kappa shape index (κ2) is 6.61. The lowest BCUT2D eigenvalue weighted by Gasteiger charge is -2.16. The van der Waals surface area contributed by atoms with E-state index in [1.807, 2.05) is 19.9 Å². The van der Waals surface area contributed by atoms with Crippen molar-refractivity contribution in [2.24, 2.45) is 0 Å².